The highest BCUT2D eigenvalue weighted by molar-refractivity contribution is 5.97. The lowest BCUT2D eigenvalue weighted by Crippen LogP contribution is -2.31. The number of carbonyl (C=O) groups excluding carboxylic acids is 1. The standard InChI is InChI=1S/C14H12N3O/c1-11(18)14-13-9-5-6-10-16(13)17(15-14)12-7-3-2-4-8-12/h2-10H,1H3/q+1. The Hall–Kier alpha value is -2.49. The van der Waals surface area contributed by atoms with Crippen molar-refractivity contribution in [2.45, 2.75) is 6.92 Å². The van der Waals surface area contributed by atoms with Crippen LogP contribution in [-0.2, 0) is 0 Å². The van der Waals surface area contributed by atoms with Crippen LogP contribution >= 0.6 is 0 Å². The minimum Gasteiger partial charge on any atom is -0.290 e. The number of fused-ring (bicyclic) bond motifs is 1. The van der Waals surface area contributed by atoms with Crippen molar-refractivity contribution in [1.82, 2.24) is 9.90 Å². The zero-order valence-electron chi connectivity index (χ0n) is 9.95. The normalized spacial score (nSPS) is 10.7. The summed E-state index contributed by atoms with van der Waals surface area (Å²) in [4.78, 5) is 13.3. The number of aromatic nitrogens is 3. The van der Waals surface area contributed by atoms with E-state index in [1.807, 2.05) is 59.2 Å². The first-order valence-corrected chi connectivity index (χ1v) is 5.73. The Labute approximate surface area is 104 Å². The van der Waals surface area contributed by atoms with E-state index in [1.165, 1.54) is 6.92 Å². The van der Waals surface area contributed by atoms with E-state index in [4.69, 9.17) is 0 Å². The smallest absolute Gasteiger partial charge is 0.290 e. The van der Waals surface area contributed by atoms with Gasteiger partial charge in [0, 0.05) is 6.92 Å². The molecule has 0 amide bonds. The van der Waals surface area contributed by atoms with Crippen LogP contribution in [0.2, 0.25) is 0 Å². The summed E-state index contributed by atoms with van der Waals surface area (Å²) in [6.07, 6.45) is 1.89. The van der Waals surface area contributed by atoms with Crippen LogP contribution in [0, 0.1) is 0 Å². The number of hydrogen-bond acceptors (Lipinski definition) is 2. The number of nitrogens with zero attached hydrogens (tertiary/aromatic N) is 3. The van der Waals surface area contributed by atoms with E-state index in [0.29, 0.717) is 5.69 Å². The Morgan fingerprint density at radius 2 is 1.83 bits per heavy atom. The number of hydrogen-bond donors (Lipinski definition) is 0. The summed E-state index contributed by atoms with van der Waals surface area (Å²) >= 11 is 0. The molecule has 88 valence electrons. The molecule has 0 unspecified atom stereocenters. The molecule has 0 fully saturated rings. The molecule has 0 saturated carbocycles. The number of pyridine rings is 1. The molecule has 0 saturated heterocycles. The van der Waals surface area contributed by atoms with E-state index in [2.05, 4.69) is 5.10 Å². The molecule has 2 aromatic heterocycles. The fraction of sp³-hybridized carbons (Fsp3) is 0.0714. The molecule has 0 radical (unpaired) electrons. The van der Waals surface area contributed by atoms with Gasteiger partial charge in [0.15, 0.2) is 0 Å². The van der Waals surface area contributed by atoms with Crippen molar-refractivity contribution in [1.29, 1.82) is 0 Å². The fourth-order valence-corrected chi connectivity index (χ4v) is 1.98. The molecular weight excluding hydrogens is 226 g/mol. The van der Waals surface area contributed by atoms with E-state index in [-0.39, 0.29) is 5.78 Å². The maximum absolute atomic E-state index is 11.6. The monoisotopic (exact) mass is 238 g/mol. The summed E-state index contributed by atoms with van der Waals surface area (Å²) in [5.41, 5.74) is 2.22. The van der Waals surface area contributed by atoms with Gasteiger partial charge in [0.25, 0.3) is 5.69 Å². The minimum absolute atomic E-state index is 0.0339. The Morgan fingerprint density at radius 3 is 2.56 bits per heavy atom. The van der Waals surface area contributed by atoms with Gasteiger partial charge in [0.2, 0.25) is 11.3 Å². The van der Waals surface area contributed by atoms with E-state index in [0.717, 1.165) is 11.2 Å². The third-order valence-corrected chi connectivity index (χ3v) is 2.80. The first kappa shape index (κ1) is 10.7. The van der Waals surface area contributed by atoms with Crippen LogP contribution in [-0.4, -0.2) is 15.7 Å². The Balaban J connectivity index is 2.34. The van der Waals surface area contributed by atoms with Crippen LogP contribution in [0.1, 0.15) is 17.4 Å². The Bertz CT molecular complexity index is 716. The Morgan fingerprint density at radius 1 is 1.11 bits per heavy atom. The summed E-state index contributed by atoms with van der Waals surface area (Å²) in [5.74, 6) is -0.0339. The van der Waals surface area contributed by atoms with E-state index in [9.17, 15) is 4.79 Å². The van der Waals surface area contributed by atoms with Gasteiger partial charge in [-0.25, -0.2) is 0 Å². The number of rotatable bonds is 2. The lowest BCUT2D eigenvalue weighted by molar-refractivity contribution is -0.603. The van der Waals surface area contributed by atoms with Gasteiger partial charge in [-0.2, -0.15) is 0 Å². The maximum Gasteiger partial charge on any atom is 0.292 e. The van der Waals surface area contributed by atoms with Gasteiger partial charge in [-0.15, -0.1) is 4.52 Å². The van der Waals surface area contributed by atoms with E-state index in [1.54, 1.807) is 4.80 Å². The zero-order chi connectivity index (χ0) is 12.5. The summed E-state index contributed by atoms with van der Waals surface area (Å²) in [6, 6.07) is 15.5. The van der Waals surface area contributed by atoms with Crippen molar-refractivity contribution in [3.8, 4) is 5.69 Å². The summed E-state index contributed by atoms with van der Waals surface area (Å²) in [7, 11) is 0. The molecular formula is C14H12N3O+. The fourth-order valence-electron chi connectivity index (χ4n) is 1.98. The first-order valence-electron chi connectivity index (χ1n) is 5.73. The maximum atomic E-state index is 11.6. The molecule has 18 heavy (non-hydrogen) atoms. The molecule has 0 aliphatic heterocycles. The van der Waals surface area contributed by atoms with E-state index < -0.39 is 0 Å². The highest BCUT2D eigenvalue weighted by Crippen LogP contribution is 2.08. The molecule has 1 aromatic carbocycles. The molecule has 0 spiro atoms. The predicted octanol–water partition coefficient (Wildman–Crippen LogP) is 1.81. The lowest BCUT2D eigenvalue weighted by atomic mass is 10.2. The summed E-state index contributed by atoms with van der Waals surface area (Å²) in [5, 5.41) is 4.39. The highest BCUT2D eigenvalue weighted by Gasteiger charge is 2.23. The molecule has 4 heteroatoms. The van der Waals surface area contributed by atoms with Gasteiger partial charge in [0.1, 0.15) is 11.9 Å². The minimum atomic E-state index is -0.0339. The predicted molar refractivity (Wildman–Crippen MR) is 66.7 cm³/mol. The van der Waals surface area contributed by atoms with Gasteiger partial charge >= 0.3 is 0 Å². The Kier molecular flexibility index (Phi) is 2.41. The molecule has 4 nitrogen and oxygen atoms in total. The van der Waals surface area contributed by atoms with Gasteiger partial charge in [-0.05, 0) is 29.1 Å². The van der Waals surface area contributed by atoms with E-state index >= 15 is 0 Å². The molecule has 3 rings (SSSR count). The quantitative estimate of drug-likeness (QED) is 0.504. The third kappa shape index (κ3) is 1.59. The average molecular weight is 238 g/mol. The molecule has 0 N–H and O–H groups in total. The molecule has 0 atom stereocenters. The molecule has 0 aliphatic carbocycles. The second-order valence-corrected chi connectivity index (χ2v) is 4.06. The van der Waals surface area contributed by atoms with Crippen LogP contribution in [0.4, 0.5) is 0 Å². The van der Waals surface area contributed by atoms with Crippen molar-refractivity contribution in [2.24, 2.45) is 0 Å². The summed E-state index contributed by atoms with van der Waals surface area (Å²) < 4.78 is 1.87. The SMILES string of the molecule is CC(=O)c1nn(-c2ccccc2)[n+]2ccccc12. The van der Waals surface area contributed by atoms with Gasteiger partial charge in [-0.1, -0.05) is 24.3 Å². The van der Waals surface area contributed by atoms with Gasteiger partial charge < -0.3 is 0 Å². The lowest BCUT2D eigenvalue weighted by Gasteiger charge is -1.94. The number of ketones is 1. The second kappa shape index (κ2) is 4.07. The largest absolute Gasteiger partial charge is 0.292 e. The number of para-hydroxylation sites is 1. The summed E-state index contributed by atoms with van der Waals surface area (Å²) in [6.45, 7) is 1.53. The first-order chi connectivity index (χ1) is 8.77. The topological polar surface area (TPSA) is 39.0 Å². The molecule has 2 heterocycles. The van der Waals surface area contributed by atoms with Crippen molar-refractivity contribution in [3.63, 3.8) is 0 Å². The number of Topliss-reactive ketones (excluding diaryl/α,β-unsaturated/α-hetero) is 1. The van der Waals surface area contributed by atoms with Crippen LogP contribution in [0.5, 0.6) is 0 Å². The van der Waals surface area contributed by atoms with Crippen molar-refractivity contribution < 1.29 is 9.31 Å². The average Bonchev–Trinajstić information content (AvgIpc) is 2.79. The second-order valence-electron chi connectivity index (χ2n) is 4.06. The van der Waals surface area contributed by atoms with Crippen LogP contribution < -0.4 is 4.52 Å². The third-order valence-electron chi connectivity index (χ3n) is 2.80. The van der Waals surface area contributed by atoms with Gasteiger partial charge in [0.05, 0.1) is 5.10 Å². The van der Waals surface area contributed by atoms with Gasteiger partial charge in [-0.3, -0.25) is 4.79 Å². The van der Waals surface area contributed by atoms with Crippen LogP contribution in [0.25, 0.3) is 11.2 Å². The number of benzene rings is 1. The zero-order valence-corrected chi connectivity index (χ0v) is 9.95. The molecule has 0 aliphatic rings. The highest BCUT2D eigenvalue weighted by atomic mass is 16.1. The van der Waals surface area contributed by atoms with Crippen LogP contribution in [0.3, 0.4) is 0 Å². The van der Waals surface area contributed by atoms with Crippen molar-refractivity contribution >= 4 is 11.3 Å². The van der Waals surface area contributed by atoms with Crippen molar-refractivity contribution in [3.05, 3.63) is 60.4 Å². The van der Waals surface area contributed by atoms with Crippen molar-refractivity contribution in [2.75, 3.05) is 0 Å². The van der Waals surface area contributed by atoms with Crippen LogP contribution in [0.15, 0.2) is 54.7 Å². The molecule has 0 bridgehead atoms. The molecule has 3 aromatic rings. The number of carbonyl (C=O) groups is 1.